The predicted molar refractivity (Wildman–Crippen MR) is 77.2 cm³/mol. The highest BCUT2D eigenvalue weighted by Crippen LogP contribution is 2.29. The number of H-pyrrole nitrogens is 1. The molecule has 0 aliphatic heterocycles. The van der Waals surface area contributed by atoms with Crippen LogP contribution in [0.5, 0.6) is 0 Å². The van der Waals surface area contributed by atoms with Crippen LogP contribution in [-0.4, -0.2) is 26.3 Å². The molecule has 0 atom stereocenters. The van der Waals surface area contributed by atoms with Crippen LogP contribution in [0.4, 0.5) is 5.82 Å². The second-order valence-electron chi connectivity index (χ2n) is 4.23. The Labute approximate surface area is 122 Å². The third-order valence-corrected chi connectivity index (χ3v) is 3.83. The van der Waals surface area contributed by atoms with Crippen LogP contribution in [0.2, 0.25) is 0 Å². The lowest BCUT2D eigenvalue weighted by Gasteiger charge is -2.05. The maximum Gasteiger partial charge on any atom is 0.356 e. The molecule has 0 unspecified atom stereocenters. The van der Waals surface area contributed by atoms with Gasteiger partial charge >= 0.3 is 5.97 Å². The highest BCUT2D eigenvalue weighted by atomic mass is 32.1. The van der Waals surface area contributed by atoms with E-state index in [2.05, 4.69) is 26.6 Å². The zero-order chi connectivity index (χ0) is 14.8. The Morgan fingerprint density at radius 3 is 3.14 bits per heavy atom. The van der Waals surface area contributed by atoms with Gasteiger partial charge in [0.25, 0.3) is 0 Å². The number of hydrogen-bond acceptors (Lipinski definition) is 6. The predicted octanol–water partition coefficient (Wildman–Crippen LogP) is 2.20. The van der Waals surface area contributed by atoms with E-state index in [-0.39, 0.29) is 5.69 Å². The van der Waals surface area contributed by atoms with Crippen molar-refractivity contribution in [1.29, 1.82) is 5.26 Å². The number of carboxylic acid groups (broad SMARTS) is 1. The Kier molecular flexibility index (Phi) is 3.25. The number of nitrogens with one attached hydrogen (secondary N) is 2. The monoisotopic (exact) mass is 299 g/mol. The molecule has 0 radical (unpaired) electrons. The largest absolute Gasteiger partial charge is 0.476 e. The summed E-state index contributed by atoms with van der Waals surface area (Å²) in [6.45, 7) is 0.367. The molecule has 0 spiro atoms. The van der Waals surface area contributed by atoms with E-state index in [0.717, 1.165) is 10.1 Å². The van der Waals surface area contributed by atoms with Gasteiger partial charge in [0, 0.05) is 11.6 Å². The van der Waals surface area contributed by atoms with Crippen LogP contribution in [0.1, 0.15) is 21.7 Å². The van der Waals surface area contributed by atoms with Crippen molar-refractivity contribution < 1.29 is 9.90 Å². The van der Waals surface area contributed by atoms with Crippen LogP contribution >= 0.6 is 11.3 Å². The molecule has 3 aromatic rings. The Morgan fingerprint density at radius 1 is 1.57 bits per heavy atom. The zero-order valence-electron chi connectivity index (χ0n) is 10.6. The van der Waals surface area contributed by atoms with Crippen LogP contribution in [0.25, 0.3) is 10.1 Å². The normalized spacial score (nSPS) is 10.4. The maximum absolute atomic E-state index is 10.8. The van der Waals surface area contributed by atoms with Gasteiger partial charge in [0.2, 0.25) is 0 Å². The quantitative estimate of drug-likeness (QED) is 0.680. The number of aromatic carboxylic acids is 1. The Bertz CT molecular complexity index is 861. The minimum Gasteiger partial charge on any atom is -0.476 e. The standard InChI is InChI=1S/C13H9N5O2S/c14-4-7-5-15-12(11-9(7)1-2-21-11)16-6-8-3-10(13(19)20)18-17-8/h1-3,5H,6H2,(H,15,16)(H,17,18)(H,19,20). The second-order valence-corrected chi connectivity index (χ2v) is 5.15. The van der Waals surface area contributed by atoms with Gasteiger partial charge in [-0.25, -0.2) is 9.78 Å². The third-order valence-electron chi connectivity index (χ3n) is 2.91. The number of nitriles is 1. The Morgan fingerprint density at radius 2 is 2.43 bits per heavy atom. The number of anilines is 1. The molecule has 3 N–H and O–H groups in total. The molecule has 21 heavy (non-hydrogen) atoms. The lowest BCUT2D eigenvalue weighted by atomic mass is 10.2. The Hall–Kier alpha value is -2.92. The van der Waals surface area contributed by atoms with E-state index in [4.69, 9.17) is 10.4 Å². The van der Waals surface area contributed by atoms with Gasteiger partial charge in [0.1, 0.15) is 11.9 Å². The maximum atomic E-state index is 10.8. The summed E-state index contributed by atoms with van der Waals surface area (Å²) in [5.41, 5.74) is 1.15. The molecule has 0 fully saturated rings. The van der Waals surface area contributed by atoms with E-state index in [9.17, 15) is 4.79 Å². The number of carbonyl (C=O) groups is 1. The summed E-state index contributed by atoms with van der Waals surface area (Å²) in [5.74, 6) is -0.417. The molecule has 0 amide bonds. The summed E-state index contributed by atoms with van der Waals surface area (Å²) in [7, 11) is 0. The first-order valence-corrected chi connectivity index (χ1v) is 6.84. The van der Waals surface area contributed by atoms with Crippen LogP contribution in [0.15, 0.2) is 23.7 Å². The number of thiophene rings is 1. The van der Waals surface area contributed by atoms with Crippen molar-refractivity contribution in [2.24, 2.45) is 0 Å². The van der Waals surface area contributed by atoms with Gasteiger partial charge in [0.05, 0.1) is 22.5 Å². The van der Waals surface area contributed by atoms with Crippen molar-refractivity contribution >= 4 is 33.2 Å². The molecule has 0 saturated heterocycles. The van der Waals surface area contributed by atoms with Crippen molar-refractivity contribution in [1.82, 2.24) is 15.2 Å². The highest BCUT2D eigenvalue weighted by Gasteiger charge is 2.11. The number of carboxylic acids is 1. The van der Waals surface area contributed by atoms with Crippen LogP contribution in [0.3, 0.4) is 0 Å². The molecule has 3 rings (SSSR count). The smallest absolute Gasteiger partial charge is 0.356 e. The van der Waals surface area contributed by atoms with Crippen molar-refractivity contribution in [3.8, 4) is 6.07 Å². The summed E-state index contributed by atoms with van der Waals surface area (Å²) in [6, 6.07) is 5.45. The van der Waals surface area contributed by atoms with Gasteiger partial charge in [-0.1, -0.05) is 0 Å². The molecule has 0 aromatic carbocycles. The van der Waals surface area contributed by atoms with E-state index >= 15 is 0 Å². The summed E-state index contributed by atoms with van der Waals surface area (Å²) < 4.78 is 0.895. The average molecular weight is 299 g/mol. The second kappa shape index (κ2) is 5.22. The summed E-state index contributed by atoms with van der Waals surface area (Å²) in [6.07, 6.45) is 1.52. The van der Waals surface area contributed by atoms with Gasteiger partial charge < -0.3 is 10.4 Å². The summed E-state index contributed by atoms with van der Waals surface area (Å²) >= 11 is 1.49. The summed E-state index contributed by atoms with van der Waals surface area (Å²) in [4.78, 5) is 15.0. The van der Waals surface area contributed by atoms with E-state index in [1.165, 1.54) is 23.6 Å². The fourth-order valence-corrected chi connectivity index (χ4v) is 2.80. The average Bonchev–Trinajstić information content (AvgIpc) is 3.13. The van der Waals surface area contributed by atoms with Gasteiger partial charge in [-0.05, 0) is 17.5 Å². The first kappa shape index (κ1) is 13.1. The number of nitrogens with zero attached hydrogens (tertiary/aromatic N) is 3. The lowest BCUT2D eigenvalue weighted by molar-refractivity contribution is 0.0690. The first-order chi connectivity index (χ1) is 10.2. The van der Waals surface area contributed by atoms with E-state index in [1.807, 2.05) is 11.4 Å². The molecule has 7 nitrogen and oxygen atoms in total. The number of aromatic nitrogens is 3. The van der Waals surface area contributed by atoms with Crippen LogP contribution in [0, 0.1) is 11.3 Å². The molecular formula is C13H9N5O2S. The van der Waals surface area contributed by atoms with E-state index in [1.54, 1.807) is 0 Å². The van der Waals surface area contributed by atoms with Gasteiger partial charge in [-0.15, -0.1) is 11.3 Å². The SMILES string of the molecule is N#Cc1cnc(NCc2cc(C(=O)O)n[nH]2)c2sccc12. The Balaban J connectivity index is 1.84. The molecule has 8 heteroatoms. The minimum atomic E-state index is -1.07. The minimum absolute atomic E-state index is 0.0270. The van der Waals surface area contributed by atoms with Crippen LogP contribution < -0.4 is 5.32 Å². The molecule has 0 bridgehead atoms. The van der Waals surface area contributed by atoms with Crippen molar-refractivity contribution in [2.75, 3.05) is 5.32 Å². The molecular weight excluding hydrogens is 290 g/mol. The fourth-order valence-electron chi connectivity index (χ4n) is 1.92. The molecule has 3 aromatic heterocycles. The summed E-state index contributed by atoms with van der Waals surface area (Å²) in [5, 5.41) is 30.1. The molecule has 104 valence electrons. The molecule has 0 aliphatic carbocycles. The molecule has 3 heterocycles. The lowest BCUT2D eigenvalue weighted by Crippen LogP contribution is -2.02. The molecule has 0 aliphatic rings. The van der Waals surface area contributed by atoms with Gasteiger partial charge in [-0.3, -0.25) is 5.10 Å². The molecule has 0 saturated carbocycles. The number of pyridine rings is 1. The highest BCUT2D eigenvalue weighted by molar-refractivity contribution is 7.17. The van der Waals surface area contributed by atoms with Crippen molar-refractivity contribution in [3.05, 3.63) is 40.7 Å². The van der Waals surface area contributed by atoms with Gasteiger partial charge in [0.15, 0.2) is 5.69 Å². The van der Waals surface area contributed by atoms with E-state index in [0.29, 0.717) is 23.6 Å². The topological polar surface area (TPSA) is 115 Å². The van der Waals surface area contributed by atoms with E-state index < -0.39 is 5.97 Å². The number of rotatable bonds is 4. The van der Waals surface area contributed by atoms with Gasteiger partial charge in [-0.2, -0.15) is 10.4 Å². The van der Waals surface area contributed by atoms with Crippen molar-refractivity contribution in [2.45, 2.75) is 6.54 Å². The number of fused-ring (bicyclic) bond motifs is 1. The fraction of sp³-hybridized carbons (Fsp3) is 0.0769. The van der Waals surface area contributed by atoms with Crippen molar-refractivity contribution in [3.63, 3.8) is 0 Å². The third kappa shape index (κ3) is 2.42. The first-order valence-electron chi connectivity index (χ1n) is 5.97. The number of hydrogen-bond donors (Lipinski definition) is 3. The van der Waals surface area contributed by atoms with Crippen LogP contribution in [-0.2, 0) is 6.54 Å². The number of aromatic amines is 1. The zero-order valence-corrected chi connectivity index (χ0v) is 11.4.